The van der Waals surface area contributed by atoms with E-state index in [1.807, 2.05) is 36.4 Å². The summed E-state index contributed by atoms with van der Waals surface area (Å²) in [5.74, 6) is 1.96. The van der Waals surface area contributed by atoms with Crippen molar-refractivity contribution in [2.24, 2.45) is 5.92 Å². The third-order valence-corrected chi connectivity index (χ3v) is 13.3. The Balaban J connectivity index is 1.14. The number of fused-ring (bicyclic) bond motifs is 7. The predicted molar refractivity (Wildman–Crippen MR) is 262 cm³/mol. The second-order valence-electron chi connectivity index (χ2n) is 17.9. The van der Waals surface area contributed by atoms with E-state index in [2.05, 4.69) is 76.7 Å². The van der Waals surface area contributed by atoms with Crippen LogP contribution in [-0.4, -0.2) is 84.8 Å². The molecule has 6 aromatic rings. The number of hydrogen-bond donors (Lipinski definition) is 5. The maximum atomic E-state index is 14.6. The molecule has 1 aromatic heterocycles. The van der Waals surface area contributed by atoms with Crippen LogP contribution >= 0.6 is 0 Å². The minimum Gasteiger partial charge on any atom is -0.508 e. The summed E-state index contributed by atoms with van der Waals surface area (Å²) in [4.78, 5) is 21.0. The normalized spacial score (nSPS) is 19.0. The summed E-state index contributed by atoms with van der Waals surface area (Å²) < 4.78 is 26.5. The summed E-state index contributed by atoms with van der Waals surface area (Å²) in [7, 11) is 1.54. The van der Waals surface area contributed by atoms with Crippen LogP contribution in [0, 0.1) is 5.92 Å². The zero-order chi connectivity index (χ0) is 46.3. The molecule has 0 spiro atoms. The number of anilines is 1. The Labute approximate surface area is 393 Å². The highest BCUT2D eigenvalue weighted by Crippen LogP contribution is 2.53. The number of carbonyl (C=O) groups is 1. The average molecular weight is 904 g/mol. The number of aromatic hydroxyl groups is 1. The topological polar surface area (TPSA) is 146 Å². The molecule has 348 valence electrons. The Kier molecular flexibility index (Phi) is 14.3. The van der Waals surface area contributed by atoms with Gasteiger partial charge in [-0.25, -0.2) is 0 Å². The molecular formula is C56H61N3O8. The lowest BCUT2D eigenvalue weighted by molar-refractivity contribution is 0.0834. The van der Waals surface area contributed by atoms with Crippen molar-refractivity contribution in [3.63, 3.8) is 0 Å². The molecule has 4 atom stereocenters. The Morgan fingerprint density at radius 2 is 1.67 bits per heavy atom. The molecule has 4 aliphatic rings. The minimum atomic E-state index is -0.818. The van der Waals surface area contributed by atoms with Crippen molar-refractivity contribution in [1.29, 1.82) is 0 Å². The van der Waals surface area contributed by atoms with E-state index in [1.165, 1.54) is 23.9 Å². The number of piperazine rings is 1. The molecule has 0 amide bonds. The first-order valence-corrected chi connectivity index (χ1v) is 23.7. The highest BCUT2D eigenvalue weighted by atomic mass is 16.5. The number of nitrogens with zero attached hydrogens (tertiary/aromatic N) is 1. The number of aromatic nitrogens is 1. The highest BCUT2D eigenvalue weighted by Gasteiger charge is 2.38. The number of benzene rings is 5. The van der Waals surface area contributed by atoms with Crippen LogP contribution in [-0.2, 0) is 32.1 Å². The van der Waals surface area contributed by atoms with Gasteiger partial charge in [0.25, 0.3) is 0 Å². The smallest absolute Gasteiger partial charge is 0.204 e. The van der Waals surface area contributed by atoms with E-state index in [-0.39, 0.29) is 73.2 Å². The zero-order valence-corrected chi connectivity index (χ0v) is 38.4. The first-order valence-electron chi connectivity index (χ1n) is 23.7. The van der Waals surface area contributed by atoms with Crippen LogP contribution < -0.4 is 29.2 Å². The zero-order valence-electron chi connectivity index (χ0n) is 38.4. The minimum absolute atomic E-state index is 0.0273. The Morgan fingerprint density at radius 1 is 0.881 bits per heavy atom. The standard InChI is InChI=1S/C56H61N3O8/c1-3-43-31-48-42-11-7-10-37(29-42)17-23-47-52-51(49(63)32-50(67-52)41-18-21-45(61)22-19-41)54(65-27-24-46(62)20-16-36-8-5-4-6-9-36)55(64-2)53(47)66-35-40(34-60)28-38-12-14-39(15-13-38)30-44-33-57-25-26-59(44)56(48)58-43/h4-16,18-22,29,31,40,44,46,50,57-58,60-62H,3,17,23-28,30,32-35H2,1-2H3/b20-16+/t40-,44-,46-,50?/m0/s1. The van der Waals surface area contributed by atoms with Crippen LogP contribution in [0.4, 0.5) is 5.82 Å². The van der Waals surface area contributed by atoms with Crippen LogP contribution in [0.3, 0.4) is 0 Å². The molecular weight excluding hydrogens is 843 g/mol. The lowest BCUT2D eigenvalue weighted by atomic mass is 9.90. The fraction of sp³-hybridized carbons (Fsp3) is 0.339. The first-order chi connectivity index (χ1) is 32.8. The van der Waals surface area contributed by atoms with Crippen molar-refractivity contribution >= 4 is 17.7 Å². The van der Waals surface area contributed by atoms with Gasteiger partial charge in [-0.3, -0.25) is 4.79 Å². The van der Waals surface area contributed by atoms with E-state index < -0.39 is 12.2 Å². The Bertz CT molecular complexity index is 2660. The second-order valence-corrected chi connectivity index (χ2v) is 17.9. The number of hydrogen-bond acceptors (Lipinski definition) is 10. The van der Waals surface area contributed by atoms with Gasteiger partial charge in [0.15, 0.2) is 17.3 Å². The number of nitrogens with one attached hydrogen (secondary N) is 2. The molecule has 1 saturated heterocycles. The van der Waals surface area contributed by atoms with E-state index in [1.54, 1.807) is 30.3 Å². The fourth-order valence-electron chi connectivity index (χ4n) is 9.62. The number of rotatable bonds is 10. The maximum Gasteiger partial charge on any atom is 0.204 e. The van der Waals surface area contributed by atoms with Gasteiger partial charge in [0.2, 0.25) is 5.75 Å². The van der Waals surface area contributed by atoms with Crippen LogP contribution in [0.5, 0.6) is 28.7 Å². The SMILES string of the molecule is CCc1cc2c([nH]1)N1CCNC[C@@H]1Cc1ccc(cc1)C[C@@H](CO)COc1c(c3c(c(OCC[C@@H](O)/C=C/c4ccccc4)c1OC)C(=O)CC(c1ccc(O)cc1)O3)CCc1cccc-2c1. The average Bonchev–Trinajstić information content (AvgIpc) is 3.80. The largest absolute Gasteiger partial charge is 0.508 e. The van der Waals surface area contributed by atoms with Gasteiger partial charge in [0.1, 0.15) is 29.0 Å². The van der Waals surface area contributed by atoms with Crippen molar-refractivity contribution in [1.82, 2.24) is 10.3 Å². The lowest BCUT2D eigenvalue weighted by Crippen LogP contribution is -2.52. The number of methoxy groups -OCH3 is 1. The van der Waals surface area contributed by atoms with Gasteiger partial charge in [-0.1, -0.05) is 110 Å². The lowest BCUT2D eigenvalue weighted by Gasteiger charge is -2.38. The van der Waals surface area contributed by atoms with Gasteiger partial charge in [0.05, 0.1) is 32.8 Å². The number of aromatic amines is 1. The molecule has 5 aromatic carbocycles. The molecule has 1 unspecified atom stereocenters. The van der Waals surface area contributed by atoms with Gasteiger partial charge >= 0.3 is 0 Å². The third-order valence-electron chi connectivity index (χ3n) is 13.3. The van der Waals surface area contributed by atoms with E-state index in [0.717, 1.165) is 66.1 Å². The highest BCUT2D eigenvalue weighted by molar-refractivity contribution is 6.04. The quantitative estimate of drug-likeness (QED) is 0.0905. The summed E-state index contributed by atoms with van der Waals surface area (Å²) in [5, 5.41) is 35.6. The molecule has 11 nitrogen and oxygen atoms in total. The van der Waals surface area contributed by atoms with E-state index >= 15 is 0 Å². The number of phenols is 1. The number of aliphatic hydroxyl groups is 2. The number of H-pyrrole nitrogens is 1. The van der Waals surface area contributed by atoms with Crippen LogP contribution in [0.2, 0.25) is 0 Å². The molecule has 5 N–H and O–H groups in total. The van der Waals surface area contributed by atoms with Gasteiger partial charge < -0.3 is 49.5 Å². The molecule has 5 heterocycles. The summed E-state index contributed by atoms with van der Waals surface area (Å²) >= 11 is 0. The molecule has 10 rings (SSSR count). The van der Waals surface area contributed by atoms with Crippen molar-refractivity contribution < 1.29 is 39.1 Å². The molecule has 4 aliphatic heterocycles. The molecule has 4 bridgehead atoms. The van der Waals surface area contributed by atoms with Crippen molar-refractivity contribution in [3.05, 3.63) is 160 Å². The van der Waals surface area contributed by atoms with Crippen molar-refractivity contribution in [3.8, 4) is 39.9 Å². The van der Waals surface area contributed by atoms with E-state index in [9.17, 15) is 20.1 Å². The van der Waals surface area contributed by atoms with E-state index in [4.69, 9.17) is 18.9 Å². The Morgan fingerprint density at radius 3 is 2.43 bits per heavy atom. The second kappa shape index (κ2) is 21.0. The summed E-state index contributed by atoms with van der Waals surface area (Å²) in [6.07, 6.45) is 5.72. The van der Waals surface area contributed by atoms with Gasteiger partial charge in [-0.2, -0.15) is 0 Å². The molecule has 1 fully saturated rings. The molecule has 11 heteroatoms. The number of phenolic OH excluding ortho intramolecular Hbond substituents is 1. The van der Waals surface area contributed by atoms with Crippen LogP contribution in [0.15, 0.2) is 115 Å². The van der Waals surface area contributed by atoms with Gasteiger partial charge in [-0.15, -0.1) is 0 Å². The first kappa shape index (κ1) is 45.6. The van der Waals surface area contributed by atoms with E-state index in [0.29, 0.717) is 36.3 Å². The number of ketones is 1. The monoisotopic (exact) mass is 903 g/mol. The molecule has 0 radical (unpaired) electrons. The predicted octanol–water partition coefficient (Wildman–Crippen LogP) is 8.86. The summed E-state index contributed by atoms with van der Waals surface area (Å²) in [6.45, 7) is 4.92. The number of ether oxygens (including phenoxy) is 4. The summed E-state index contributed by atoms with van der Waals surface area (Å²) in [6, 6.07) is 36.4. The van der Waals surface area contributed by atoms with Crippen molar-refractivity contribution in [2.45, 2.75) is 70.1 Å². The number of aliphatic hydroxyl groups excluding tert-OH is 2. The third kappa shape index (κ3) is 10.4. The van der Waals surface area contributed by atoms with Crippen LogP contribution in [0.25, 0.3) is 17.2 Å². The molecule has 0 saturated carbocycles. The van der Waals surface area contributed by atoms with Gasteiger partial charge in [-0.05, 0) is 83.7 Å². The summed E-state index contributed by atoms with van der Waals surface area (Å²) in [5.41, 5.74) is 9.52. The van der Waals surface area contributed by atoms with Crippen LogP contribution in [0.1, 0.15) is 75.3 Å². The molecule has 67 heavy (non-hydrogen) atoms. The maximum absolute atomic E-state index is 14.6. The molecule has 0 aliphatic carbocycles. The number of Topliss-reactive ketones (excluding diaryl/α,β-unsaturated/α-hetero) is 1. The number of aryl methyl sites for hydroxylation is 2. The van der Waals surface area contributed by atoms with Crippen molar-refractivity contribution in [2.75, 3.05) is 51.5 Å². The fourth-order valence-corrected chi connectivity index (χ4v) is 9.62. The Hall–Kier alpha value is -6.53. The van der Waals surface area contributed by atoms with Gasteiger partial charge in [0, 0.05) is 61.4 Å². The number of carbonyl (C=O) groups excluding carboxylic acids is 1.